The van der Waals surface area contributed by atoms with Gasteiger partial charge in [0.05, 0.1) is 64.3 Å². The molecule has 0 fully saturated rings. The number of halogens is 5. The van der Waals surface area contributed by atoms with E-state index in [1.54, 1.807) is 0 Å². The van der Waals surface area contributed by atoms with Gasteiger partial charge in [-0.05, 0) is 74.2 Å². The molecule has 4 aromatic rings. The van der Waals surface area contributed by atoms with Crippen LogP contribution >= 0.6 is 58.0 Å². The van der Waals surface area contributed by atoms with Crippen molar-refractivity contribution in [1.29, 1.82) is 0 Å². The van der Waals surface area contributed by atoms with E-state index in [0.717, 1.165) is 25.7 Å². The summed E-state index contributed by atoms with van der Waals surface area (Å²) >= 11 is 32.0. The number of unbranched alkanes of at least 4 members (excludes halogenated alkanes) is 5. The lowest BCUT2D eigenvalue weighted by atomic mass is 10.1. The van der Waals surface area contributed by atoms with Crippen molar-refractivity contribution in [2.24, 2.45) is 0 Å². The fourth-order valence-corrected chi connectivity index (χ4v) is 12.5. The minimum absolute atomic E-state index is 0.0226. The standard InChI is InChI=1S/C68H90Cl5N13O15/c69-9-5-1-2-7-32-100-34-35-101-33-17-74-56(87)8-4-3-6-18-86-31-30-85-25-16-81-66(97)53-41-46(72)40-52(59(53)90)63(94)77-12-21-83(22-15-80-67(98)54-42-47(73)43-55(60(54)91)68(86)99)27-26-82-19-10-75-61(92)48-36-44(70)38-50(57(48)88)64(95)78-13-23-84(28-29-85)24-14-79-65(96)51-39-45(71)37-49(58(51)89)62(93)76-11-20-82/h36-43,88-91H,1-35H2,(H,74,87)(H,75,92)(H,76,93)(H,77,94)(H,78,95)(H,79,96)(H,80,98)(H,81,97). The second-order valence-electron chi connectivity index (χ2n) is 24.3. The highest BCUT2D eigenvalue weighted by Crippen LogP contribution is 2.32. The zero-order valence-electron chi connectivity index (χ0n) is 56.3. The van der Waals surface area contributed by atoms with E-state index in [-0.39, 0.29) is 214 Å². The second-order valence-corrected chi connectivity index (χ2v) is 26.5. The van der Waals surface area contributed by atoms with Gasteiger partial charge in [-0.15, -0.1) is 11.6 Å². The Kier molecular flexibility index (Phi) is 33.8. The zero-order valence-corrected chi connectivity index (χ0v) is 60.1. The van der Waals surface area contributed by atoms with Gasteiger partial charge in [0.25, 0.3) is 47.3 Å². The first-order chi connectivity index (χ1) is 48.6. The molecular weight excluding hydrogens is 1420 g/mol. The number of alkyl halides is 1. The van der Waals surface area contributed by atoms with Crippen LogP contribution in [0, 0.1) is 0 Å². The first-order valence-corrected chi connectivity index (χ1v) is 35.9. The van der Waals surface area contributed by atoms with Gasteiger partial charge in [-0.25, -0.2) is 0 Å². The largest absolute Gasteiger partial charge is 0.506 e. The van der Waals surface area contributed by atoms with E-state index in [4.69, 9.17) is 67.5 Å². The number of amides is 9. The van der Waals surface area contributed by atoms with E-state index in [2.05, 4.69) is 42.5 Å². The first-order valence-electron chi connectivity index (χ1n) is 33.9. The monoisotopic (exact) mass is 1500 g/mol. The van der Waals surface area contributed by atoms with Crippen LogP contribution in [0.15, 0.2) is 48.5 Å². The SMILES string of the molecule is O=C(CCCCCN1CCN2CCNC(=O)c3cc(Cl)cc(c3O)C(=O)NCCN(CCNC(=O)c3cc(Cl)cc(c3O)C1=O)CCN1CCNC(=O)c3cc(Cl)cc(c3O)C(=O)NCCN(CCNC(=O)c3cc(Cl)cc(c3O)C(=O)NCC1)CC2)NCCOCCOCCCCCCCl. The minimum atomic E-state index is -0.778. The molecule has 12 bridgehead atoms. The predicted octanol–water partition coefficient (Wildman–Crippen LogP) is 4.53. The topological polar surface area (TPSA) is 365 Å². The zero-order chi connectivity index (χ0) is 72.8. The fraction of sp³-hybridized carbons (Fsp3) is 0.515. The Morgan fingerprint density at radius 1 is 0.366 bits per heavy atom. The van der Waals surface area contributed by atoms with Gasteiger partial charge in [0.2, 0.25) is 5.91 Å². The fourth-order valence-electron chi connectivity index (χ4n) is 11.5. The molecule has 552 valence electrons. The van der Waals surface area contributed by atoms with Crippen LogP contribution in [0.3, 0.4) is 0 Å². The number of nitrogens with one attached hydrogen (secondary N) is 8. The molecular formula is C68H90Cl5N13O15. The average Bonchev–Trinajstić information content (AvgIpc) is 0.824. The summed E-state index contributed by atoms with van der Waals surface area (Å²) in [6, 6.07) is 9.82. The summed E-state index contributed by atoms with van der Waals surface area (Å²) < 4.78 is 11.3. The van der Waals surface area contributed by atoms with E-state index < -0.39 is 70.3 Å². The van der Waals surface area contributed by atoms with E-state index in [1.807, 2.05) is 19.6 Å². The van der Waals surface area contributed by atoms with Gasteiger partial charge >= 0.3 is 0 Å². The van der Waals surface area contributed by atoms with Crippen molar-refractivity contribution < 1.29 is 73.1 Å². The van der Waals surface area contributed by atoms with Gasteiger partial charge in [-0.3, -0.25) is 62.8 Å². The van der Waals surface area contributed by atoms with Crippen molar-refractivity contribution in [3.8, 4) is 23.0 Å². The molecule has 4 heterocycles. The van der Waals surface area contributed by atoms with Crippen LogP contribution in [-0.4, -0.2) is 274 Å². The van der Waals surface area contributed by atoms with Gasteiger partial charge in [0.15, 0.2) is 0 Å². The van der Waals surface area contributed by atoms with Crippen molar-refractivity contribution in [1.82, 2.24) is 67.0 Å². The van der Waals surface area contributed by atoms with Gasteiger partial charge in [-0.1, -0.05) is 65.7 Å². The maximum Gasteiger partial charge on any atom is 0.257 e. The number of carbonyl (C=O) groups is 9. The van der Waals surface area contributed by atoms with E-state index in [1.165, 1.54) is 53.4 Å². The van der Waals surface area contributed by atoms with Gasteiger partial charge in [-0.2, -0.15) is 0 Å². The Morgan fingerprint density at radius 2 is 0.653 bits per heavy atom. The summed E-state index contributed by atoms with van der Waals surface area (Å²) in [4.78, 5) is 135. The number of rotatable bonds is 18. The lowest BCUT2D eigenvalue weighted by Crippen LogP contribution is -2.46. The van der Waals surface area contributed by atoms with Gasteiger partial charge < -0.3 is 77.3 Å². The molecule has 101 heavy (non-hydrogen) atoms. The maximum atomic E-state index is 15.1. The van der Waals surface area contributed by atoms with Crippen molar-refractivity contribution in [2.45, 2.75) is 51.4 Å². The molecule has 0 aliphatic carbocycles. The van der Waals surface area contributed by atoms with Crippen LogP contribution in [0.25, 0.3) is 0 Å². The molecule has 9 amide bonds. The Balaban J connectivity index is 1.24. The number of phenols is 4. The molecule has 12 N–H and O–H groups in total. The number of fused-ring (bicyclic) bond motifs is 16. The number of phenolic OH excluding ortho intramolecular Hbond substituents is 4. The van der Waals surface area contributed by atoms with Crippen LogP contribution in [-0.2, 0) is 14.3 Å². The van der Waals surface area contributed by atoms with Crippen molar-refractivity contribution in [2.75, 3.05) is 176 Å². The smallest absolute Gasteiger partial charge is 0.257 e. The molecule has 0 aromatic heterocycles. The van der Waals surface area contributed by atoms with Crippen molar-refractivity contribution in [3.05, 3.63) is 113 Å². The summed E-state index contributed by atoms with van der Waals surface area (Å²) in [6.07, 6.45) is 5.53. The average molecular weight is 1510 g/mol. The molecule has 0 radical (unpaired) electrons. The Bertz CT molecular complexity index is 3450. The summed E-state index contributed by atoms with van der Waals surface area (Å²) in [5.74, 6) is -8.18. The van der Waals surface area contributed by atoms with Crippen LogP contribution in [0.4, 0.5) is 0 Å². The van der Waals surface area contributed by atoms with Gasteiger partial charge in [0.1, 0.15) is 23.0 Å². The highest BCUT2D eigenvalue weighted by molar-refractivity contribution is 6.33. The van der Waals surface area contributed by atoms with Crippen molar-refractivity contribution in [3.63, 3.8) is 0 Å². The highest BCUT2D eigenvalue weighted by Gasteiger charge is 2.29. The third-order valence-corrected chi connectivity index (χ3v) is 18.3. The molecule has 0 saturated heterocycles. The Hall–Kier alpha value is -7.48. The summed E-state index contributed by atoms with van der Waals surface area (Å²) in [6.45, 7) is 2.67. The molecule has 28 nitrogen and oxygen atoms in total. The van der Waals surface area contributed by atoms with Crippen molar-refractivity contribution >= 4 is 111 Å². The minimum Gasteiger partial charge on any atom is -0.506 e. The number of hydrogen-bond acceptors (Lipinski definition) is 19. The second kappa shape index (κ2) is 42.2. The van der Waals surface area contributed by atoms with Gasteiger partial charge in [0, 0.05) is 183 Å². The third-order valence-electron chi connectivity index (χ3n) is 17.1. The van der Waals surface area contributed by atoms with Crippen LogP contribution < -0.4 is 42.5 Å². The summed E-state index contributed by atoms with van der Waals surface area (Å²) in [7, 11) is 0. The first kappa shape index (κ1) is 80.8. The number of ether oxygens (including phenoxy) is 2. The number of benzene rings is 4. The van der Waals surface area contributed by atoms with Crippen LogP contribution in [0.1, 0.15) is 134 Å². The third kappa shape index (κ3) is 25.8. The van der Waals surface area contributed by atoms with E-state index in [0.29, 0.717) is 58.1 Å². The number of nitrogens with zero attached hydrogens (tertiary/aromatic N) is 5. The van der Waals surface area contributed by atoms with E-state index in [9.17, 15) is 58.8 Å². The van der Waals surface area contributed by atoms with E-state index >= 15 is 4.79 Å². The molecule has 4 aromatic carbocycles. The molecule has 2 unspecified atom stereocenters. The lowest BCUT2D eigenvalue weighted by Gasteiger charge is -2.31. The lowest BCUT2D eigenvalue weighted by molar-refractivity contribution is -0.121. The molecule has 8 rings (SSSR count). The molecule has 0 saturated carbocycles. The number of aromatic hydroxyl groups is 4. The quantitative estimate of drug-likeness (QED) is 0.0481. The predicted molar refractivity (Wildman–Crippen MR) is 383 cm³/mol. The maximum absolute atomic E-state index is 15.1. The highest BCUT2D eigenvalue weighted by atomic mass is 35.5. The normalized spacial score (nSPS) is 19.5. The Morgan fingerprint density at radius 3 is 1.00 bits per heavy atom. The molecule has 4 aliphatic rings. The molecule has 4 aliphatic heterocycles. The summed E-state index contributed by atoms with van der Waals surface area (Å²) in [5.41, 5.74) is -2.33. The number of carbonyl (C=O) groups excluding carboxylic acids is 9. The summed E-state index contributed by atoms with van der Waals surface area (Å²) in [5, 5.41) is 68.8. The van der Waals surface area contributed by atoms with Crippen LogP contribution in [0.5, 0.6) is 23.0 Å². The molecule has 0 spiro atoms. The molecule has 2 atom stereocenters. The number of hydrogen-bond donors (Lipinski definition) is 12. The van der Waals surface area contributed by atoms with Crippen LogP contribution in [0.2, 0.25) is 20.1 Å². The Labute approximate surface area is 611 Å². The molecule has 33 heteroatoms.